The highest BCUT2D eigenvalue weighted by Crippen LogP contribution is 2.24. The van der Waals surface area contributed by atoms with Gasteiger partial charge in [-0.3, -0.25) is 4.79 Å². The average molecular weight is 288 g/mol. The van der Waals surface area contributed by atoms with Crippen molar-refractivity contribution in [2.45, 2.75) is 45.1 Å². The van der Waals surface area contributed by atoms with E-state index in [1.807, 2.05) is 6.92 Å². The number of anilines is 1. The Morgan fingerprint density at radius 1 is 1.38 bits per heavy atom. The molecule has 0 unspecified atom stereocenters. The van der Waals surface area contributed by atoms with Crippen LogP contribution < -0.4 is 15.8 Å². The number of hydrogen-bond donors (Lipinski definition) is 2. The van der Waals surface area contributed by atoms with Crippen LogP contribution in [0.15, 0.2) is 30.4 Å². The molecule has 2 rings (SSSR count). The van der Waals surface area contributed by atoms with Gasteiger partial charge >= 0.3 is 0 Å². The molecule has 1 fully saturated rings. The Labute approximate surface area is 126 Å². The van der Waals surface area contributed by atoms with E-state index >= 15 is 0 Å². The highest BCUT2D eigenvalue weighted by molar-refractivity contribution is 5.95. The smallest absolute Gasteiger partial charge is 0.251 e. The molecule has 1 aliphatic carbocycles. The van der Waals surface area contributed by atoms with Gasteiger partial charge in [0.05, 0.1) is 5.69 Å². The molecule has 0 heterocycles. The first kappa shape index (κ1) is 15.4. The second-order valence-corrected chi connectivity index (χ2v) is 5.81. The predicted molar refractivity (Wildman–Crippen MR) is 85.5 cm³/mol. The Morgan fingerprint density at radius 3 is 2.76 bits per heavy atom. The van der Waals surface area contributed by atoms with Crippen LogP contribution in [0.25, 0.3) is 0 Å². The van der Waals surface area contributed by atoms with Gasteiger partial charge in [0.15, 0.2) is 0 Å². The van der Waals surface area contributed by atoms with Crippen molar-refractivity contribution < 1.29 is 9.53 Å². The van der Waals surface area contributed by atoms with Crippen LogP contribution in [-0.2, 0) is 0 Å². The zero-order valence-electron chi connectivity index (χ0n) is 12.7. The number of hydrogen-bond acceptors (Lipinski definition) is 3. The molecule has 3 N–H and O–H groups in total. The summed E-state index contributed by atoms with van der Waals surface area (Å²) in [4.78, 5) is 12.3. The minimum Gasteiger partial charge on any atom is -0.487 e. The second kappa shape index (κ2) is 7.16. The van der Waals surface area contributed by atoms with Crippen LogP contribution in [0.4, 0.5) is 5.69 Å². The number of benzene rings is 1. The largest absolute Gasteiger partial charge is 0.487 e. The lowest BCUT2D eigenvalue weighted by Crippen LogP contribution is -2.36. The maximum Gasteiger partial charge on any atom is 0.251 e. The van der Waals surface area contributed by atoms with Crippen molar-refractivity contribution in [2.24, 2.45) is 0 Å². The van der Waals surface area contributed by atoms with E-state index in [2.05, 4.69) is 11.9 Å². The van der Waals surface area contributed by atoms with E-state index < -0.39 is 0 Å². The summed E-state index contributed by atoms with van der Waals surface area (Å²) in [7, 11) is 0. The Morgan fingerprint density at radius 2 is 2.10 bits per heavy atom. The average Bonchev–Trinajstić information content (AvgIpc) is 2.47. The fourth-order valence-corrected chi connectivity index (χ4v) is 2.52. The summed E-state index contributed by atoms with van der Waals surface area (Å²) in [6.07, 6.45) is 5.80. The van der Waals surface area contributed by atoms with Crippen molar-refractivity contribution in [1.82, 2.24) is 5.32 Å². The van der Waals surface area contributed by atoms with Gasteiger partial charge in [0.25, 0.3) is 5.91 Å². The molecule has 1 amide bonds. The molecule has 0 aromatic heterocycles. The number of nitrogens with two attached hydrogens (primary N) is 1. The molecular formula is C17H24N2O2. The predicted octanol–water partition coefficient (Wildman–Crippen LogP) is 3.29. The van der Waals surface area contributed by atoms with E-state index in [4.69, 9.17) is 10.5 Å². The quantitative estimate of drug-likeness (QED) is 0.645. The van der Waals surface area contributed by atoms with Gasteiger partial charge in [-0.05, 0) is 43.5 Å². The van der Waals surface area contributed by atoms with E-state index in [9.17, 15) is 4.79 Å². The number of nitrogens with one attached hydrogen (secondary N) is 1. The molecule has 0 radical (unpaired) electrons. The Balaban J connectivity index is 2.02. The van der Waals surface area contributed by atoms with Crippen molar-refractivity contribution in [3.63, 3.8) is 0 Å². The van der Waals surface area contributed by atoms with Gasteiger partial charge in [0, 0.05) is 11.6 Å². The Kier molecular flexibility index (Phi) is 5.26. The third-order valence-corrected chi connectivity index (χ3v) is 3.69. The van der Waals surface area contributed by atoms with Gasteiger partial charge in [0.2, 0.25) is 0 Å². The molecule has 4 heteroatoms. The topological polar surface area (TPSA) is 64.3 Å². The summed E-state index contributed by atoms with van der Waals surface area (Å²) >= 11 is 0. The summed E-state index contributed by atoms with van der Waals surface area (Å²) in [5, 5.41) is 3.09. The van der Waals surface area contributed by atoms with E-state index in [1.165, 1.54) is 19.3 Å². The molecule has 1 saturated carbocycles. The lowest BCUT2D eigenvalue weighted by molar-refractivity contribution is 0.0927. The van der Waals surface area contributed by atoms with Gasteiger partial charge in [-0.1, -0.05) is 25.8 Å². The van der Waals surface area contributed by atoms with Crippen LogP contribution in [0.1, 0.15) is 49.4 Å². The summed E-state index contributed by atoms with van der Waals surface area (Å²) in [5.41, 5.74) is 7.90. The van der Waals surface area contributed by atoms with Crippen LogP contribution in [-0.4, -0.2) is 18.6 Å². The van der Waals surface area contributed by atoms with Crippen LogP contribution in [0, 0.1) is 0 Å². The zero-order valence-corrected chi connectivity index (χ0v) is 12.7. The molecule has 0 aliphatic heterocycles. The number of carbonyl (C=O) groups is 1. The van der Waals surface area contributed by atoms with Crippen LogP contribution in [0.2, 0.25) is 0 Å². The molecule has 0 atom stereocenters. The number of ether oxygens (including phenoxy) is 1. The normalized spacial score (nSPS) is 15.5. The molecule has 21 heavy (non-hydrogen) atoms. The Hall–Kier alpha value is -1.97. The van der Waals surface area contributed by atoms with Crippen LogP contribution in [0.5, 0.6) is 5.75 Å². The third kappa shape index (κ3) is 4.52. The first-order chi connectivity index (χ1) is 10.1. The molecule has 0 spiro atoms. The highest BCUT2D eigenvalue weighted by atomic mass is 16.5. The zero-order chi connectivity index (χ0) is 15.2. The highest BCUT2D eigenvalue weighted by Gasteiger charge is 2.17. The molecular weight excluding hydrogens is 264 g/mol. The Bertz CT molecular complexity index is 520. The second-order valence-electron chi connectivity index (χ2n) is 5.81. The van der Waals surface area contributed by atoms with Crippen molar-refractivity contribution in [3.8, 4) is 5.75 Å². The van der Waals surface area contributed by atoms with Crippen molar-refractivity contribution in [2.75, 3.05) is 12.3 Å². The lowest BCUT2D eigenvalue weighted by Gasteiger charge is -2.23. The van der Waals surface area contributed by atoms with Gasteiger partial charge < -0.3 is 15.8 Å². The summed E-state index contributed by atoms with van der Waals surface area (Å²) < 4.78 is 5.57. The van der Waals surface area contributed by atoms with Gasteiger partial charge in [-0.25, -0.2) is 0 Å². The molecule has 114 valence electrons. The molecule has 1 aromatic carbocycles. The lowest BCUT2D eigenvalue weighted by atomic mass is 9.95. The van der Waals surface area contributed by atoms with Crippen LogP contribution >= 0.6 is 0 Å². The fraction of sp³-hybridized carbons (Fsp3) is 0.471. The maximum atomic E-state index is 12.3. The van der Waals surface area contributed by atoms with Gasteiger partial charge in [-0.2, -0.15) is 0 Å². The summed E-state index contributed by atoms with van der Waals surface area (Å²) in [5.74, 6) is 0.483. The van der Waals surface area contributed by atoms with E-state index in [0.717, 1.165) is 18.4 Å². The number of amides is 1. The van der Waals surface area contributed by atoms with E-state index in [1.54, 1.807) is 18.2 Å². The maximum absolute atomic E-state index is 12.3. The molecule has 4 nitrogen and oxygen atoms in total. The third-order valence-electron chi connectivity index (χ3n) is 3.69. The minimum absolute atomic E-state index is 0.0536. The van der Waals surface area contributed by atoms with Gasteiger partial charge in [0.1, 0.15) is 12.4 Å². The molecule has 0 saturated heterocycles. The van der Waals surface area contributed by atoms with Crippen molar-refractivity contribution in [1.29, 1.82) is 0 Å². The first-order valence-electron chi connectivity index (χ1n) is 7.54. The summed E-state index contributed by atoms with van der Waals surface area (Å²) in [6.45, 7) is 6.08. The minimum atomic E-state index is -0.0536. The van der Waals surface area contributed by atoms with Crippen LogP contribution in [0.3, 0.4) is 0 Å². The SMILES string of the molecule is C=C(C)COc1cc(C(=O)NC2CCCCC2)ccc1N. The van der Waals surface area contributed by atoms with E-state index in [0.29, 0.717) is 29.6 Å². The number of rotatable bonds is 5. The summed E-state index contributed by atoms with van der Waals surface area (Å²) in [6, 6.07) is 5.45. The molecule has 0 bridgehead atoms. The van der Waals surface area contributed by atoms with Crippen molar-refractivity contribution >= 4 is 11.6 Å². The monoisotopic (exact) mass is 288 g/mol. The first-order valence-corrected chi connectivity index (χ1v) is 7.54. The number of carbonyl (C=O) groups excluding carboxylic acids is 1. The standard InChI is InChI=1S/C17H24N2O2/c1-12(2)11-21-16-10-13(8-9-15(16)18)17(20)19-14-6-4-3-5-7-14/h8-10,14H,1,3-7,11,18H2,2H3,(H,19,20). The fourth-order valence-electron chi connectivity index (χ4n) is 2.52. The number of nitrogen functional groups attached to an aromatic ring is 1. The molecule has 1 aromatic rings. The van der Waals surface area contributed by atoms with Gasteiger partial charge in [-0.15, -0.1) is 0 Å². The van der Waals surface area contributed by atoms with E-state index in [-0.39, 0.29) is 5.91 Å². The molecule has 1 aliphatic rings. The van der Waals surface area contributed by atoms with Crippen molar-refractivity contribution in [3.05, 3.63) is 35.9 Å².